The summed E-state index contributed by atoms with van der Waals surface area (Å²) in [6.45, 7) is 7.74. The Morgan fingerprint density at radius 3 is 2.11 bits per heavy atom. The van der Waals surface area contributed by atoms with Crippen molar-refractivity contribution < 1.29 is 14.7 Å². The van der Waals surface area contributed by atoms with Crippen molar-refractivity contribution in [3.8, 4) is 0 Å². The molecule has 0 saturated heterocycles. The van der Waals surface area contributed by atoms with Gasteiger partial charge in [-0.05, 0) is 32.6 Å². The zero-order valence-corrected chi connectivity index (χ0v) is 12.5. The molecule has 0 radical (unpaired) electrons. The number of carbonyl (C=O) groups is 2. The first kappa shape index (κ1) is 17.7. The van der Waals surface area contributed by atoms with Crippen LogP contribution in [0.25, 0.3) is 0 Å². The molecule has 3 N–H and O–H groups in total. The Labute approximate surface area is 116 Å². The van der Waals surface area contributed by atoms with Crippen molar-refractivity contribution in [3.05, 3.63) is 0 Å². The minimum absolute atomic E-state index is 0.0651. The maximum Gasteiger partial charge on any atom is 0.315 e. The lowest BCUT2D eigenvalue weighted by atomic mass is 10.0. The van der Waals surface area contributed by atoms with Gasteiger partial charge in [0.1, 0.15) is 0 Å². The van der Waals surface area contributed by atoms with Crippen LogP contribution in [-0.4, -0.2) is 29.2 Å². The van der Waals surface area contributed by atoms with E-state index in [0.717, 1.165) is 25.7 Å². The third-order valence-electron chi connectivity index (χ3n) is 3.39. The van der Waals surface area contributed by atoms with Gasteiger partial charge in [0.15, 0.2) is 0 Å². The SMILES string of the molecule is CCC(CC)NC(=O)NC(C)CCCC(C)C(=O)O. The number of amides is 2. The summed E-state index contributed by atoms with van der Waals surface area (Å²) in [6, 6.07) is 0.155. The summed E-state index contributed by atoms with van der Waals surface area (Å²) in [4.78, 5) is 22.3. The third kappa shape index (κ3) is 8.46. The van der Waals surface area contributed by atoms with E-state index in [1.165, 1.54) is 0 Å². The third-order valence-corrected chi connectivity index (χ3v) is 3.39. The number of carbonyl (C=O) groups excluding carboxylic acids is 1. The Morgan fingerprint density at radius 1 is 1.05 bits per heavy atom. The van der Waals surface area contributed by atoms with E-state index < -0.39 is 5.97 Å². The Bertz CT molecular complexity index is 278. The Balaban J connectivity index is 3.82. The Kier molecular flexibility index (Phi) is 9.00. The molecule has 19 heavy (non-hydrogen) atoms. The van der Waals surface area contributed by atoms with E-state index in [1.807, 2.05) is 20.8 Å². The molecule has 0 fully saturated rings. The summed E-state index contributed by atoms with van der Waals surface area (Å²) in [5, 5.41) is 14.6. The van der Waals surface area contributed by atoms with Crippen molar-refractivity contribution in [1.29, 1.82) is 0 Å². The van der Waals surface area contributed by atoms with Crippen LogP contribution in [0.3, 0.4) is 0 Å². The van der Waals surface area contributed by atoms with Crippen molar-refractivity contribution >= 4 is 12.0 Å². The fraction of sp³-hybridized carbons (Fsp3) is 0.857. The lowest BCUT2D eigenvalue weighted by molar-refractivity contribution is -0.141. The minimum atomic E-state index is -0.757. The summed E-state index contributed by atoms with van der Waals surface area (Å²) < 4.78 is 0. The van der Waals surface area contributed by atoms with Crippen molar-refractivity contribution in [1.82, 2.24) is 10.6 Å². The van der Waals surface area contributed by atoms with Crippen LogP contribution < -0.4 is 10.6 Å². The molecule has 2 unspecified atom stereocenters. The van der Waals surface area contributed by atoms with Crippen LogP contribution in [0.1, 0.15) is 59.8 Å². The van der Waals surface area contributed by atoms with Gasteiger partial charge in [0.25, 0.3) is 0 Å². The molecule has 0 aromatic heterocycles. The van der Waals surface area contributed by atoms with Gasteiger partial charge < -0.3 is 15.7 Å². The Morgan fingerprint density at radius 2 is 1.63 bits per heavy atom. The van der Waals surface area contributed by atoms with Crippen LogP contribution in [0.15, 0.2) is 0 Å². The van der Waals surface area contributed by atoms with Gasteiger partial charge in [-0.2, -0.15) is 0 Å². The first-order valence-electron chi connectivity index (χ1n) is 7.20. The average Bonchev–Trinajstić information content (AvgIpc) is 2.35. The number of hydrogen-bond donors (Lipinski definition) is 3. The number of carboxylic acid groups (broad SMARTS) is 1. The number of hydrogen-bond acceptors (Lipinski definition) is 2. The smallest absolute Gasteiger partial charge is 0.315 e. The zero-order chi connectivity index (χ0) is 14.8. The van der Waals surface area contributed by atoms with Crippen molar-refractivity contribution in [3.63, 3.8) is 0 Å². The molecule has 5 nitrogen and oxygen atoms in total. The highest BCUT2D eigenvalue weighted by molar-refractivity contribution is 5.74. The van der Waals surface area contributed by atoms with Gasteiger partial charge in [0.2, 0.25) is 0 Å². The summed E-state index contributed by atoms with van der Waals surface area (Å²) >= 11 is 0. The van der Waals surface area contributed by atoms with Gasteiger partial charge in [-0.15, -0.1) is 0 Å². The van der Waals surface area contributed by atoms with Gasteiger partial charge in [0.05, 0.1) is 5.92 Å². The van der Waals surface area contributed by atoms with E-state index in [0.29, 0.717) is 6.42 Å². The van der Waals surface area contributed by atoms with Gasteiger partial charge in [-0.1, -0.05) is 27.2 Å². The van der Waals surface area contributed by atoms with E-state index in [-0.39, 0.29) is 24.0 Å². The normalized spacial score (nSPS) is 13.9. The fourth-order valence-corrected chi connectivity index (χ4v) is 1.87. The van der Waals surface area contributed by atoms with Crippen LogP contribution in [-0.2, 0) is 4.79 Å². The van der Waals surface area contributed by atoms with E-state index in [2.05, 4.69) is 10.6 Å². The van der Waals surface area contributed by atoms with E-state index in [1.54, 1.807) is 6.92 Å². The van der Waals surface area contributed by atoms with Crippen molar-refractivity contribution in [2.45, 2.75) is 71.9 Å². The second-order valence-electron chi connectivity index (χ2n) is 5.20. The number of urea groups is 1. The molecule has 0 bridgehead atoms. The molecule has 2 atom stereocenters. The molecule has 112 valence electrons. The number of carboxylic acids is 1. The highest BCUT2D eigenvalue weighted by Crippen LogP contribution is 2.09. The van der Waals surface area contributed by atoms with Crippen LogP contribution in [0.5, 0.6) is 0 Å². The molecule has 0 rings (SSSR count). The van der Waals surface area contributed by atoms with E-state index in [4.69, 9.17) is 5.11 Å². The molecular weight excluding hydrogens is 244 g/mol. The lowest BCUT2D eigenvalue weighted by Gasteiger charge is -2.19. The van der Waals surface area contributed by atoms with Crippen LogP contribution in [0.2, 0.25) is 0 Å². The molecule has 0 aromatic rings. The highest BCUT2D eigenvalue weighted by Gasteiger charge is 2.13. The predicted molar refractivity (Wildman–Crippen MR) is 76.2 cm³/mol. The molecular formula is C14H28N2O3. The standard InChI is InChI=1S/C14H28N2O3/c1-5-12(6-2)16-14(19)15-11(4)9-7-8-10(3)13(17)18/h10-12H,5-9H2,1-4H3,(H,17,18)(H2,15,16,19). The molecule has 5 heteroatoms. The van der Waals surface area contributed by atoms with E-state index in [9.17, 15) is 9.59 Å². The summed E-state index contributed by atoms with van der Waals surface area (Å²) in [5.74, 6) is -1.07. The van der Waals surface area contributed by atoms with Gasteiger partial charge in [0, 0.05) is 12.1 Å². The fourth-order valence-electron chi connectivity index (χ4n) is 1.87. The predicted octanol–water partition coefficient (Wildman–Crippen LogP) is 2.75. The first-order valence-corrected chi connectivity index (χ1v) is 7.20. The molecule has 0 spiro atoms. The quantitative estimate of drug-likeness (QED) is 0.604. The Hall–Kier alpha value is -1.26. The second kappa shape index (κ2) is 9.64. The lowest BCUT2D eigenvalue weighted by Crippen LogP contribution is -2.45. The topological polar surface area (TPSA) is 78.4 Å². The molecule has 0 aliphatic carbocycles. The first-order chi connectivity index (χ1) is 8.90. The van der Waals surface area contributed by atoms with Crippen LogP contribution in [0, 0.1) is 5.92 Å². The van der Waals surface area contributed by atoms with Crippen LogP contribution >= 0.6 is 0 Å². The maximum atomic E-state index is 11.7. The second-order valence-corrected chi connectivity index (χ2v) is 5.20. The number of aliphatic carboxylic acids is 1. The highest BCUT2D eigenvalue weighted by atomic mass is 16.4. The van der Waals surface area contributed by atoms with E-state index >= 15 is 0 Å². The molecule has 0 aromatic carbocycles. The molecule has 0 aliphatic rings. The number of rotatable bonds is 9. The molecule has 2 amide bonds. The van der Waals surface area contributed by atoms with Crippen molar-refractivity contribution in [2.24, 2.45) is 5.92 Å². The average molecular weight is 272 g/mol. The largest absolute Gasteiger partial charge is 0.481 e. The summed E-state index contributed by atoms with van der Waals surface area (Å²) in [7, 11) is 0. The molecule has 0 heterocycles. The monoisotopic (exact) mass is 272 g/mol. The maximum absolute atomic E-state index is 11.7. The van der Waals surface area contributed by atoms with Crippen molar-refractivity contribution in [2.75, 3.05) is 0 Å². The van der Waals surface area contributed by atoms with Gasteiger partial charge in [-0.3, -0.25) is 4.79 Å². The summed E-state index contributed by atoms with van der Waals surface area (Å²) in [6.07, 6.45) is 4.10. The molecule has 0 aliphatic heterocycles. The zero-order valence-electron chi connectivity index (χ0n) is 12.5. The minimum Gasteiger partial charge on any atom is -0.481 e. The molecule has 0 saturated carbocycles. The van der Waals surface area contributed by atoms with Gasteiger partial charge >= 0.3 is 12.0 Å². The summed E-state index contributed by atoms with van der Waals surface area (Å²) in [5.41, 5.74) is 0. The van der Waals surface area contributed by atoms with Crippen LogP contribution in [0.4, 0.5) is 4.79 Å². The van der Waals surface area contributed by atoms with Gasteiger partial charge in [-0.25, -0.2) is 4.79 Å². The number of nitrogens with one attached hydrogen (secondary N) is 2.